The van der Waals surface area contributed by atoms with Crippen molar-refractivity contribution in [3.63, 3.8) is 0 Å². The average molecular weight is 449 g/mol. The molecular weight excluding hydrogens is 424 g/mol. The van der Waals surface area contributed by atoms with E-state index in [0.29, 0.717) is 29.2 Å². The number of H-pyrrole nitrogens is 1. The van der Waals surface area contributed by atoms with Gasteiger partial charge in [0, 0.05) is 37.1 Å². The maximum Gasteiger partial charge on any atom is 0.276 e. The number of hydrogen-bond acceptors (Lipinski definition) is 6. The fourth-order valence-corrected chi connectivity index (χ4v) is 4.76. The Morgan fingerprint density at radius 3 is 3.00 bits per heavy atom. The fraction of sp³-hybridized carbons (Fsp3) is 0.364. The van der Waals surface area contributed by atoms with Gasteiger partial charge in [0.2, 0.25) is 0 Å². The average Bonchev–Trinajstić information content (AvgIpc) is 3.40. The van der Waals surface area contributed by atoms with Crippen LogP contribution in [0.1, 0.15) is 47.7 Å². The number of nitrogens with one attached hydrogen (secondary N) is 1. The van der Waals surface area contributed by atoms with Crippen LogP contribution in [0.5, 0.6) is 0 Å². The van der Waals surface area contributed by atoms with Crippen molar-refractivity contribution in [2.24, 2.45) is 0 Å². The Bertz CT molecular complexity index is 1350. The molecule has 3 aromatic heterocycles. The van der Waals surface area contributed by atoms with E-state index in [4.69, 9.17) is 12.2 Å². The van der Waals surface area contributed by atoms with Crippen LogP contribution in [0.25, 0.3) is 16.6 Å². The number of amides is 1. The van der Waals surface area contributed by atoms with E-state index in [-0.39, 0.29) is 11.8 Å². The summed E-state index contributed by atoms with van der Waals surface area (Å²) in [6.07, 6.45) is 3.64. The predicted molar refractivity (Wildman–Crippen MR) is 122 cm³/mol. The van der Waals surface area contributed by atoms with Gasteiger partial charge in [-0.3, -0.25) is 14.9 Å². The Morgan fingerprint density at radius 2 is 2.16 bits per heavy atom. The minimum Gasteiger partial charge on any atom is -0.336 e. The van der Waals surface area contributed by atoms with Crippen LogP contribution in [0.2, 0.25) is 0 Å². The van der Waals surface area contributed by atoms with Crippen LogP contribution in [0.15, 0.2) is 36.5 Å². The molecule has 1 N–H and O–H groups in total. The van der Waals surface area contributed by atoms with Crippen molar-refractivity contribution in [3.05, 3.63) is 58.5 Å². The van der Waals surface area contributed by atoms with E-state index in [1.54, 1.807) is 10.9 Å². The highest BCUT2D eigenvalue weighted by Crippen LogP contribution is 2.28. The van der Waals surface area contributed by atoms with Crippen LogP contribution >= 0.6 is 12.2 Å². The van der Waals surface area contributed by atoms with Crippen LogP contribution in [-0.4, -0.2) is 58.6 Å². The molecule has 4 heterocycles. The lowest BCUT2D eigenvalue weighted by Gasteiger charge is -2.32. The summed E-state index contributed by atoms with van der Waals surface area (Å²) in [6.45, 7) is 5.96. The zero-order chi connectivity index (χ0) is 22.2. The van der Waals surface area contributed by atoms with E-state index in [0.717, 1.165) is 41.8 Å². The number of rotatable bonds is 4. The molecule has 5 rings (SSSR count). The molecule has 4 aromatic rings. The summed E-state index contributed by atoms with van der Waals surface area (Å²) >= 11 is 5.34. The minimum absolute atomic E-state index is 0.103. The molecule has 1 aliphatic heterocycles. The summed E-state index contributed by atoms with van der Waals surface area (Å²) < 4.78 is 4.35. The molecule has 0 aliphatic carbocycles. The van der Waals surface area contributed by atoms with Gasteiger partial charge in [0.25, 0.3) is 5.91 Å². The summed E-state index contributed by atoms with van der Waals surface area (Å²) in [5.74, 6) is 0.952. The van der Waals surface area contributed by atoms with Gasteiger partial charge in [-0.2, -0.15) is 5.10 Å². The summed E-state index contributed by atoms with van der Waals surface area (Å²) in [5.41, 5.74) is 2.82. The van der Waals surface area contributed by atoms with Gasteiger partial charge in [-0.1, -0.05) is 11.3 Å². The third kappa shape index (κ3) is 3.40. The van der Waals surface area contributed by atoms with Crippen LogP contribution in [-0.2, 0) is 6.54 Å². The second kappa shape index (κ2) is 8.27. The number of aromatic nitrogens is 7. The molecule has 0 radical (unpaired) electrons. The summed E-state index contributed by atoms with van der Waals surface area (Å²) in [5, 5.41) is 16.9. The first-order valence-electron chi connectivity index (χ1n) is 10.8. The Balaban J connectivity index is 1.44. The summed E-state index contributed by atoms with van der Waals surface area (Å²) in [7, 11) is 0. The van der Waals surface area contributed by atoms with Crippen molar-refractivity contribution in [2.45, 2.75) is 39.2 Å². The number of hydrogen-bond donors (Lipinski definition) is 1. The SMILES string of the molecule is CCn1c(C2CCCN(C(=O)c3nnn(-c4cccc5ncccc45)c3C)C2)n[nH]c1=S. The van der Waals surface area contributed by atoms with Crippen molar-refractivity contribution >= 4 is 29.0 Å². The Kier molecular flexibility index (Phi) is 5.30. The normalized spacial score (nSPS) is 16.6. The van der Waals surface area contributed by atoms with Crippen LogP contribution < -0.4 is 0 Å². The van der Waals surface area contributed by atoms with Gasteiger partial charge in [-0.05, 0) is 63.2 Å². The van der Waals surface area contributed by atoms with Crippen LogP contribution in [0.3, 0.4) is 0 Å². The number of carbonyl (C=O) groups excluding carboxylic acids is 1. The minimum atomic E-state index is -0.103. The molecular formula is C22H24N8OS. The molecule has 1 saturated heterocycles. The number of fused-ring (bicyclic) bond motifs is 1. The molecule has 10 heteroatoms. The zero-order valence-electron chi connectivity index (χ0n) is 18.0. The monoisotopic (exact) mass is 448 g/mol. The highest BCUT2D eigenvalue weighted by molar-refractivity contribution is 7.71. The molecule has 32 heavy (non-hydrogen) atoms. The number of benzene rings is 1. The van der Waals surface area contributed by atoms with E-state index in [9.17, 15) is 4.79 Å². The Hall–Kier alpha value is -3.40. The smallest absolute Gasteiger partial charge is 0.276 e. The van der Waals surface area contributed by atoms with E-state index < -0.39 is 0 Å². The molecule has 1 fully saturated rings. The number of aromatic amines is 1. The van der Waals surface area contributed by atoms with Gasteiger partial charge < -0.3 is 9.47 Å². The summed E-state index contributed by atoms with van der Waals surface area (Å²) in [4.78, 5) is 19.7. The fourth-order valence-electron chi connectivity index (χ4n) is 4.50. The van der Waals surface area contributed by atoms with E-state index >= 15 is 0 Å². The second-order valence-corrected chi connectivity index (χ2v) is 8.39. The topological polar surface area (TPSA) is 97.5 Å². The van der Waals surface area contributed by atoms with Gasteiger partial charge in [0.15, 0.2) is 10.5 Å². The Labute approximate surface area is 190 Å². The molecule has 1 aromatic carbocycles. The number of nitrogens with zero attached hydrogens (tertiary/aromatic N) is 7. The first-order valence-corrected chi connectivity index (χ1v) is 11.2. The highest BCUT2D eigenvalue weighted by Gasteiger charge is 2.31. The predicted octanol–water partition coefficient (Wildman–Crippen LogP) is 3.42. The quantitative estimate of drug-likeness (QED) is 0.481. The van der Waals surface area contributed by atoms with Crippen molar-refractivity contribution in [2.75, 3.05) is 13.1 Å². The molecule has 0 saturated carbocycles. The number of piperidine rings is 1. The molecule has 1 amide bonds. The van der Waals surface area contributed by atoms with Gasteiger partial charge in [0.05, 0.1) is 16.9 Å². The van der Waals surface area contributed by atoms with Gasteiger partial charge >= 0.3 is 0 Å². The van der Waals surface area contributed by atoms with Crippen molar-refractivity contribution in [1.82, 2.24) is 39.6 Å². The molecule has 1 unspecified atom stereocenters. The van der Waals surface area contributed by atoms with Crippen molar-refractivity contribution in [1.29, 1.82) is 0 Å². The first-order chi connectivity index (χ1) is 15.6. The standard InChI is InChI=1S/C22H24N8OS/c1-3-29-20(25-26-22(29)32)15-7-6-12-28(13-15)21(31)19-14(2)30(27-24-19)18-10-4-9-17-16(18)8-5-11-23-17/h4-5,8-11,15H,3,6-7,12-13H2,1-2H3,(H,26,32). The number of carbonyl (C=O) groups is 1. The molecule has 1 atom stereocenters. The highest BCUT2D eigenvalue weighted by atomic mass is 32.1. The van der Waals surface area contributed by atoms with Gasteiger partial charge in [0.1, 0.15) is 5.82 Å². The molecule has 164 valence electrons. The van der Waals surface area contributed by atoms with E-state index in [1.165, 1.54) is 0 Å². The van der Waals surface area contributed by atoms with Crippen LogP contribution in [0.4, 0.5) is 0 Å². The lowest BCUT2D eigenvalue weighted by molar-refractivity contribution is 0.0696. The van der Waals surface area contributed by atoms with Gasteiger partial charge in [-0.15, -0.1) is 5.10 Å². The Morgan fingerprint density at radius 1 is 1.28 bits per heavy atom. The molecule has 0 spiro atoms. The van der Waals surface area contributed by atoms with E-state index in [1.807, 2.05) is 53.6 Å². The number of likely N-dealkylation sites (tertiary alicyclic amines) is 1. The first kappa shape index (κ1) is 20.5. The number of pyridine rings is 1. The maximum atomic E-state index is 13.4. The van der Waals surface area contributed by atoms with Crippen molar-refractivity contribution in [3.8, 4) is 5.69 Å². The van der Waals surface area contributed by atoms with Crippen molar-refractivity contribution < 1.29 is 4.79 Å². The molecule has 1 aliphatic rings. The third-order valence-electron chi connectivity index (χ3n) is 6.13. The largest absolute Gasteiger partial charge is 0.336 e. The third-order valence-corrected chi connectivity index (χ3v) is 6.44. The summed E-state index contributed by atoms with van der Waals surface area (Å²) in [6, 6.07) is 9.74. The maximum absolute atomic E-state index is 13.4. The zero-order valence-corrected chi connectivity index (χ0v) is 18.8. The van der Waals surface area contributed by atoms with E-state index in [2.05, 4.69) is 25.5 Å². The lowest BCUT2D eigenvalue weighted by atomic mass is 9.96. The molecule has 0 bridgehead atoms. The molecule has 9 nitrogen and oxygen atoms in total. The lowest BCUT2D eigenvalue weighted by Crippen LogP contribution is -2.40. The van der Waals surface area contributed by atoms with Crippen LogP contribution in [0, 0.1) is 11.7 Å². The second-order valence-electron chi connectivity index (χ2n) is 8.00. The van der Waals surface area contributed by atoms with Gasteiger partial charge in [-0.25, -0.2) is 4.68 Å².